The van der Waals surface area contributed by atoms with Gasteiger partial charge in [-0.2, -0.15) is 0 Å². The summed E-state index contributed by atoms with van der Waals surface area (Å²) in [5.74, 6) is 0.232. The van der Waals surface area contributed by atoms with Crippen LogP contribution in [0.5, 0.6) is 0 Å². The van der Waals surface area contributed by atoms with E-state index in [-0.39, 0.29) is 16.3 Å². The summed E-state index contributed by atoms with van der Waals surface area (Å²) in [7, 11) is 0. The number of amides is 1. The second kappa shape index (κ2) is 3.81. The van der Waals surface area contributed by atoms with E-state index in [0.717, 1.165) is 32.1 Å². The smallest absolute Gasteiger partial charge is 0.239 e. The van der Waals surface area contributed by atoms with E-state index >= 15 is 0 Å². The molecular weight excluding hydrogens is 246 g/mol. The predicted molar refractivity (Wildman–Crippen MR) is 57.3 cm³/mol. The number of nitrogens with zero attached hydrogens (tertiary/aromatic N) is 1. The number of carbonyl (C=O) groups excluding carboxylic acids is 1. The Morgan fingerprint density at radius 3 is 2.36 bits per heavy atom. The molecule has 80 valence electrons. The Morgan fingerprint density at radius 2 is 1.93 bits per heavy atom. The maximum absolute atomic E-state index is 12.0. The van der Waals surface area contributed by atoms with E-state index in [0.29, 0.717) is 13.1 Å². The standard InChI is InChI=1S/C10H16BrNO2/c11-10(4-1-5-10)9(14)12-6-2-8(13)3-7-12/h8,13H,1-7H2. The zero-order valence-electron chi connectivity index (χ0n) is 8.21. The van der Waals surface area contributed by atoms with Gasteiger partial charge in [0.1, 0.15) is 4.32 Å². The van der Waals surface area contributed by atoms with Gasteiger partial charge in [-0.3, -0.25) is 4.79 Å². The molecule has 0 bridgehead atoms. The topological polar surface area (TPSA) is 40.5 Å². The van der Waals surface area contributed by atoms with E-state index in [4.69, 9.17) is 0 Å². The molecule has 2 fully saturated rings. The van der Waals surface area contributed by atoms with Gasteiger partial charge in [0.25, 0.3) is 0 Å². The number of alkyl halides is 1. The fraction of sp³-hybridized carbons (Fsp3) is 0.900. The van der Waals surface area contributed by atoms with Gasteiger partial charge in [0.15, 0.2) is 0 Å². The number of hydrogen-bond acceptors (Lipinski definition) is 2. The molecule has 0 atom stereocenters. The van der Waals surface area contributed by atoms with E-state index in [2.05, 4.69) is 15.9 Å². The van der Waals surface area contributed by atoms with Gasteiger partial charge in [-0.1, -0.05) is 15.9 Å². The fourth-order valence-corrected chi connectivity index (χ4v) is 2.86. The minimum absolute atomic E-state index is 0.202. The van der Waals surface area contributed by atoms with Crippen molar-refractivity contribution in [2.45, 2.75) is 42.5 Å². The van der Waals surface area contributed by atoms with Gasteiger partial charge in [0.2, 0.25) is 5.91 Å². The molecule has 0 aromatic carbocycles. The summed E-state index contributed by atoms with van der Waals surface area (Å²) in [6, 6.07) is 0. The summed E-state index contributed by atoms with van der Waals surface area (Å²) >= 11 is 3.53. The lowest BCUT2D eigenvalue weighted by Crippen LogP contribution is -2.51. The minimum Gasteiger partial charge on any atom is -0.393 e. The molecule has 1 N–H and O–H groups in total. The summed E-state index contributed by atoms with van der Waals surface area (Å²) in [6.07, 6.45) is 4.33. The van der Waals surface area contributed by atoms with Gasteiger partial charge in [-0.25, -0.2) is 0 Å². The van der Waals surface area contributed by atoms with Gasteiger partial charge in [0.05, 0.1) is 6.10 Å². The Morgan fingerprint density at radius 1 is 1.36 bits per heavy atom. The number of likely N-dealkylation sites (tertiary alicyclic amines) is 1. The van der Waals surface area contributed by atoms with Crippen LogP contribution >= 0.6 is 15.9 Å². The summed E-state index contributed by atoms with van der Waals surface area (Å²) in [5, 5.41) is 9.33. The molecule has 0 radical (unpaired) electrons. The van der Waals surface area contributed by atoms with Crippen LogP contribution < -0.4 is 0 Å². The molecule has 2 aliphatic rings. The largest absolute Gasteiger partial charge is 0.393 e. The summed E-state index contributed by atoms with van der Waals surface area (Å²) < 4.78 is -0.255. The molecule has 1 aliphatic carbocycles. The lowest BCUT2D eigenvalue weighted by atomic mass is 9.83. The highest BCUT2D eigenvalue weighted by Gasteiger charge is 2.44. The van der Waals surface area contributed by atoms with Crippen LogP contribution in [-0.4, -0.2) is 39.4 Å². The number of aliphatic hydroxyl groups is 1. The van der Waals surface area contributed by atoms with Crippen molar-refractivity contribution in [3.8, 4) is 0 Å². The SMILES string of the molecule is O=C(N1CCC(O)CC1)C1(Br)CCC1. The summed E-state index contributed by atoms with van der Waals surface area (Å²) in [6.45, 7) is 1.43. The average molecular weight is 262 g/mol. The van der Waals surface area contributed by atoms with E-state index in [1.54, 1.807) is 0 Å². The number of carbonyl (C=O) groups is 1. The Hall–Kier alpha value is -0.0900. The first-order valence-corrected chi connectivity index (χ1v) is 6.07. The van der Waals surface area contributed by atoms with Crippen molar-refractivity contribution in [3.63, 3.8) is 0 Å². The predicted octanol–water partition coefficient (Wildman–Crippen LogP) is 1.29. The van der Waals surface area contributed by atoms with Crippen LogP contribution in [0, 0.1) is 0 Å². The van der Waals surface area contributed by atoms with Gasteiger partial charge >= 0.3 is 0 Å². The Balaban J connectivity index is 1.92. The normalized spacial score (nSPS) is 27.1. The van der Waals surface area contributed by atoms with E-state index in [1.807, 2.05) is 4.90 Å². The molecule has 1 heterocycles. The Bertz CT molecular complexity index is 232. The molecule has 1 saturated heterocycles. The third kappa shape index (κ3) is 1.82. The van der Waals surface area contributed by atoms with Gasteiger partial charge < -0.3 is 10.0 Å². The number of aliphatic hydroxyl groups excluding tert-OH is 1. The average Bonchev–Trinajstić information content (AvgIpc) is 2.14. The van der Waals surface area contributed by atoms with Gasteiger partial charge in [-0.15, -0.1) is 0 Å². The highest BCUT2D eigenvalue weighted by molar-refractivity contribution is 9.10. The monoisotopic (exact) mass is 261 g/mol. The first-order valence-electron chi connectivity index (χ1n) is 5.28. The van der Waals surface area contributed by atoms with Crippen molar-refractivity contribution in [1.29, 1.82) is 0 Å². The molecule has 1 amide bonds. The quantitative estimate of drug-likeness (QED) is 0.723. The molecule has 0 aromatic heterocycles. The van der Waals surface area contributed by atoms with Crippen LogP contribution in [0.2, 0.25) is 0 Å². The molecule has 0 spiro atoms. The van der Waals surface area contributed by atoms with Crippen molar-refractivity contribution in [3.05, 3.63) is 0 Å². The Kier molecular flexibility index (Phi) is 2.84. The van der Waals surface area contributed by atoms with Crippen LogP contribution in [0.1, 0.15) is 32.1 Å². The highest BCUT2D eigenvalue weighted by Crippen LogP contribution is 2.41. The molecule has 1 aliphatic heterocycles. The number of halogens is 1. The van der Waals surface area contributed by atoms with Crippen molar-refractivity contribution < 1.29 is 9.90 Å². The Labute approximate surface area is 92.6 Å². The second-order valence-electron chi connectivity index (χ2n) is 4.34. The fourth-order valence-electron chi connectivity index (χ4n) is 2.05. The lowest BCUT2D eigenvalue weighted by molar-refractivity contribution is -0.137. The maximum Gasteiger partial charge on any atom is 0.239 e. The van der Waals surface area contributed by atoms with Crippen molar-refractivity contribution in [2.24, 2.45) is 0 Å². The van der Waals surface area contributed by atoms with E-state index in [1.165, 1.54) is 0 Å². The third-order valence-electron chi connectivity index (χ3n) is 3.28. The van der Waals surface area contributed by atoms with Crippen LogP contribution in [0.15, 0.2) is 0 Å². The van der Waals surface area contributed by atoms with Gasteiger partial charge in [0, 0.05) is 13.1 Å². The van der Waals surface area contributed by atoms with Crippen LogP contribution in [0.4, 0.5) is 0 Å². The third-order valence-corrected chi connectivity index (χ3v) is 4.41. The molecule has 2 rings (SSSR count). The number of hydrogen-bond donors (Lipinski definition) is 1. The van der Waals surface area contributed by atoms with E-state index < -0.39 is 0 Å². The van der Waals surface area contributed by atoms with Crippen molar-refractivity contribution in [1.82, 2.24) is 4.90 Å². The molecule has 0 unspecified atom stereocenters. The molecule has 3 nitrogen and oxygen atoms in total. The summed E-state index contributed by atoms with van der Waals surface area (Å²) in [5.41, 5.74) is 0. The molecule has 0 aromatic rings. The zero-order chi connectivity index (χ0) is 10.2. The zero-order valence-corrected chi connectivity index (χ0v) is 9.79. The van der Waals surface area contributed by atoms with E-state index in [9.17, 15) is 9.90 Å². The minimum atomic E-state index is -0.255. The number of rotatable bonds is 1. The van der Waals surface area contributed by atoms with Gasteiger partial charge in [-0.05, 0) is 32.1 Å². The highest BCUT2D eigenvalue weighted by atomic mass is 79.9. The summed E-state index contributed by atoms with van der Waals surface area (Å²) in [4.78, 5) is 13.9. The van der Waals surface area contributed by atoms with Crippen LogP contribution in [-0.2, 0) is 4.79 Å². The lowest BCUT2D eigenvalue weighted by Gasteiger charge is -2.41. The maximum atomic E-state index is 12.0. The van der Waals surface area contributed by atoms with Crippen LogP contribution in [0.3, 0.4) is 0 Å². The molecule has 4 heteroatoms. The number of piperidine rings is 1. The molecule has 1 saturated carbocycles. The second-order valence-corrected chi connectivity index (χ2v) is 5.86. The van der Waals surface area contributed by atoms with Crippen molar-refractivity contribution >= 4 is 21.8 Å². The molecule has 14 heavy (non-hydrogen) atoms. The molecular formula is C10H16BrNO2. The first kappa shape index (κ1) is 10.4. The van der Waals surface area contributed by atoms with Crippen LogP contribution in [0.25, 0.3) is 0 Å². The van der Waals surface area contributed by atoms with Crippen molar-refractivity contribution in [2.75, 3.05) is 13.1 Å². The first-order chi connectivity index (χ1) is 6.62.